The van der Waals surface area contributed by atoms with Gasteiger partial charge in [0.05, 0.1) is 25.6 Å². The van der Waals surface area contributed by atoms with Gasteiger partial charge in [0.25, 0.3) is 0 Å². The molecule has 5 nitrogen and oxygen atoms in total. The summed E-state index contributed by atoms with van der Waals surface area (Å²) in [6, 6.07) is 1.81. The van der Waals surface area contributed by atoms with Crippen LogP contribution in [0.5, 0.6) is 11.6 Å². The summed E-state index contributed by atoms with van der Waals surface area (Å²) in [5.74, 6) is 1.40. The van der Waals surface area contributed by atoms with Gasteiger partial charge in [-0.25, -0.2) is 4.98 Å². The van der Waals surface area contributed by atoms with E-state index in [0.29, 0.717) is 11.4 Å². The van der Waals surface area contributed by atoms with Crippen molar-refractivity contribution in [3.05, 3.63) is 23.5 Å². The molecule has 0 aromatic carbocycles. The Morgan fingerprint density at radius 3 is 2.53 bits per heavy atom. The van der Waals surface area contributed by atoms with E-state index >= 15 is 0 Å². The molecule has 19 heavy (non-hydrogen) atoms. The van der Waals surface area contributed by atoms with Crippen LogP contribution in [-0.2, 0) is 0 Å². The first-order valence-electron chi connectivity index (χ1n) is 5.77. The fourth-order valence-corrected chi connectivity index (χ4v) is 2.82. The molecule has 0 atom stereocenters. The Labute approximate surface area is 116 Å². The van der Waals surface area contributed by atoms with E-state index in [9.17, 15) is 0 Å². The first-order valence-corrected chi connectivity index (χ1v) is 6.59. The summed E-state index contributed by atoms with van der Waals surface area (Å²) in [6.07, 6.45) is 1.90. The second kappa shape index (κ2) is 5.44. The maximum absolute atomic E-state index is 5.94. The van der Waals surface area contributed by atoms with Crippen LogP contribution >= 0.6 is 11.8 Å². The van der Waals surface area contributed by atoms with Gasteiger partial charge in [-0.15, -0.1) is 0 Å². The summed E-state index contributed by atoms with van der Waals surface area (Å²) in [5.41, 5.74) is 8.38. The number of pyridine rings is 1. The lowest BCUT2D eigenvalue weighted by Crippen LogP contribution is -1.98. The van der Waals surface area contributed by atoms with Crippen molar-refractivity contribution in [1.29, 1.82) is 0 Å². The van der Waals surface area contributed by atoms with Gasteiger partial charge < -0.3 is 20.2 Å². The van der Waals surface area contributed by atoms with Gasteiger partial charge >= 0.3 is 0 Å². The second-order valence-electron chi connectivity index (χ2n) is 4.08. The molecule has 0 bridgehead atoms. The van der Waals surface area contributed by atoms with Crippen LogP contribution in [0, 0.1) is 13.8 Å². The molecule has 102 valence electrons. The van der Waals surface area contributed by atoms with Crippen LogP contribution in [0.25, 0.3) is 0 Å². The lowest BCUT2D eigenvalue weighted by Gasteiger charge is -2.09. The molecule has 0 aliphatic rings. The number of rotatable bonds is 4. The van der Waals surface area contributed by atoms with E-state index in [0.717, 1.165) is 27.1 Å². The molecule has 0 fully saturated rings. The van der Waals surface area contributed by atoms with Gasteiger partial charge in [-0.2, -0.15) is 0 Å². The fraction of sp³-hybridized carbons (Fsp3) is 0.308. The number of H-pyrrole nitrogens is 1. The van der Waals surface area contributed by atoms with Crippen molar-refractivity contribution in [2.45, 2.75) is 23.8 Å². The van der Waals surface area contributed by atoms with Gasteiger partial charge in [0.15, 0.2) is 11.6 Å². The molecule has 0 unspecified atom stereocenters. The summed E-state index contributed by atoms with van der Waals surface area (Å²) in [7, 11) is 3.23. The molecule has 2 rings (SSSR count). The highest BCUT2D eigenvalue weighted by Crippen LogP contribution is 2.36. The van der Waals surface area contributed by atoms with Gasteiger partial charge in [-0.05, 0) is 19.9 Å². The molecule has 0 aliphatic heterocycles. The minimum Gasteiger partial charge on any atom is -0.493 e. The lowest BCUT2D eigenvalue weighted by atomic mass is 10.3. The van der Waals surface area contributed by atoms with Crippen LogP contribution in [-0.4, -0.2) is 24.2 Å². The summed E-state index contributed by atoms with van der Waals surface area (Å²) in [4.78, 5) is 8.61. The van der Waals surface area contributed by atoms with E-state index in [4.69, 9.17) is 15.2 Å². The number of nitrogen functional groups attached to an aromatic ring is 1. The Hall–Kier alpha value is -1.82. The van der Waals surface area contributed by atoms with E-state index in [1.54, 1.807) is 26.0 Å². The van der Waals surface area contributed by atoms with Crippen molar-refractivity contribution in [3.63, 3.8) is 0 Å². The Morgan fingerprint density at radius 2 is 2.00 bits per heavy atom. The van der Waals surface area contributed by atoms with E-state index in [-0.39, 0.29) is 0 Å². The van der Waals surface area contributed by atoms with Crippen LogP contribution in [0.3, 0.4) is 0 Å². The van der Waals surface area contributed by atoms with Gasteiger partial charge in [-0.1, -0.05) is 11.8 Å². The number of nitrogens with zero attached hydrogens (tertiary/aromatic N) is 1. The van der Waals surface area contributed by atoms with Crippen LogP contribution in [0.15, 0.2) is 22.2 Å². The van der Waals surface area contributed by atoms with Crippen LogP contribution in [0.4, 0.5) is 5.69 Å². The number of methoxy groups -OCH3 is 2. The maximum atomic E-state index is 5.94. The number of ether oxygens (including phenoxy) is 2. The van der Waals surface area contributed by atoms with Crippen molar-refractivity contribution in [3.8, 4) is 11.6 Å². The molecule has 6 heteroatoms. The third kappa shape index (κ3) is 2.63. The number of anilines is 1. The molecule has 0 saturated carbocycles. The van der Waals surface area contributed by atoms with E-state index < -0.39 is 0 Å². The highest BCUT2D eigenvalue weighted by molar-refractivity contribution is 7.99. The smallest absolute Gasteiger partial charge is 0.194 e. The predicted octanol–water partition coefficient (Wildman–Crippen LogP) is 2.78. The summed E-state index contributed by atoms with van der Waals surface area (Å²) < 4.78 is 10.4. The van der Waals surface area contributed by atoms with Crippen LogP contribution < -0.4 is 15.2 Å². The molecular formula is C13H17N3O2S. The highest BCUT2D eigenvalue weighted by Gasteiger charge is 2.12. The first kappa shape index (κ1) is 13.6. The number of hydrogen-bond donors (Lipinski definition) is 2. The summed E-state index contributed by atoms with van der Waals surface area (Å²) in [5, 5.41) is 0.834. The molecule has 2 aromatic heterocycles. The minimum absolute atomic E-state index is 0.595. The number of nitrogens with two attached hydrogens (primary N) is 1. The first-order chi connectivity index (χ1) is 9.06. The number of aromatic amines is 1. The fourth-order valence-electron chi connectivity index (χ4n) is 1.86. The van der Waals surface area contributed by atoms with Crippen molar-refractivity contribution in [2.24, 2.45) is 0 Å². The van der Waals surface area contributed by atoms with Crippen molar-refractivity contribution in [2.75, 3.05) is 20.0 Å². The van der Waals surface area contributed by atoms with Crippen molar-refractivity contribution < 1.29 is 9.47 Å². The normalized spacial score (nSPS) is 10.5. The lowest BCUT2D eigenvalue weighted by molar-refractivity contribution is 0.397. The minimum atomic E-state index is 0.595. The largest absolute Gasteiger partial charge is 0.493 e. The predicted molar refractivity (Wildman–Crippen MR) is 76.1 cm³/mol. The monoisotopic (exact) mass is 279 g/mol. The third-order valence-electron chi connectivity index (χ3n) is 2.81. The Bertz CT molecular complexity index is 573. The van der Waals surface area contributed by atoms with Gasteiger partial charge in [0.1, 0.15) is 5.03 Å². The zero-order valence-electron chi connectivity index (χ0n) is 11.4. The van der Waals surface area contributed by atoms with Gasteiger partial charge in [0.2, 0.25) is 0 Å². The molecule has 0 spiro atoms. The van der Waals surface area contributed by atoms with E-state index in [1.807, 2.05) is 26.1 Å². The standard InChI is InChI=1S/C13H17N3O2S/c1-7-10(6-15-13(7)18-4)19-11-5-9(14)12(17-3)8(2)16-11/h5-6,15H,1-4H3,(H2,14,16). The van der Waals surface area contributed by atoms with Crippen molar-refractivity contribution in [1.82, 2.24) is 9.97 Å². The molecule has 2 heterocycles. The number of hydrogen-bond acceptors (Lipinski definition) is 5. The molecule has 2 aromatic rings. The van der Waals surface area contributed by atoms with Gasteiger partial charge in [-0.3, -0.25) is 0 Å². The molecule has 0 saturated heterocycles. The Kier molecular flexibility index (Phi) is 3.90. The molecule has 0 amide bonds. The third-order valence-corrected chi connectivity index (χ3v) is 3.88. The molecule has 3 N–H and O–H groups in total. The number of aryl methyl sites for hydroxylation is 1. The topological polar surface area (TPSA) is 73.2 Å². The zero-order valence-corrected chi connectivity index (χ0v) is 12.2. The second-order valence-corrected chi connectivity index (χ2v) is 5.14. The number of aromatic nitrogens is 2. The quantitative estimate of drug-likeness (QED) is 0.900. The Balaban J connectivity index is 2.31. The molecule has 0 radical (unpaired) electrons. The highest BCUT2D eigenvalue weighted by atomic mass is 32.2. The summed E-state index contributed by atoms with van der Waals surface area (Å²) >= 11 is 1.54. The van der Waals surface area contributed by atoms with E-state index in [2.05, 4.69) is 9.97 Å². The van der Waals surface area contributed by atoms with Crippen LogP contribution in [0.2, 0.25) is 0 Å². The SMILES string of the molecule is COc1[nH]cc(Sc2cc(N)c(OC)c(C)n2)c1C. The average molecular weight is 279 g/mol. The van der Waals surface area contributed by atoms with Gasteiger partial charge in [0, 0.05) is 16.7 Å². The average Bonchev–Trinajstić information content (AvgIpc) is 2.70. The van der Waals surface area contributed by atoms with E-state index in [1.165, 1.54) is 0 Å². The number of nitrogens with one attached hydrogen (secondary N) is 1. The molecular weight excluding hydrogens is 262 g/mol. The summed E-state index contributed by atoms with van der Waals surface area (Å²) in [6.45, 7) is 3.88. The maximum Gasteiger partial charge on any atom is 0.194 e. The molecule has 0 aliphatic carbocycles. The van der Waals surface area contributed by atoms with Crippen molar-refractivity contribution >= 4 is 17.4 Å². The van der Waals surface area contributed by atoms with Crippen LogP contribution in [0.1, 0.15) is 11.3 Å². The Morgan fingerprint density at radius 1 is 1.26 bits per heavy atom. The zero-order chi connectivity index (χ0) is 14.0.